The number of benzene rings is 2. The lowest BCUT2D eigenvalue weighted by molar-refractivity contribution is -0.121. The summed E-state index contributed by atoms with van der Waals surface area (Å²) in [6.07, 6.45) is 3.54. The van der Waals surface area contributed by atoms with Crippen LogP contribution in [0.3, 0.4) is 0 Å². The van der Waals surface area contributed by atoms with E-state index in [4.69, 9.17) is 23.2 Å². The van der Waals surface area contributed by atoms with Crippen LogP contribution >= 0.6 is 23.2 Å². The van der Waals surface area contributed by atoms with Crippen molar-refractivity contribution in [3.63, 3.8) is 0 Å². The van der Waals surface area contributed by atoms with Crippen LogP contribution in [0.25, 0.3) is 11.4 Å². The number of nitrogens with zero attached hydrogens (tertiary/aromatic N) is 3. The molecule has 6 nitrogen and oxygen atoms in total. The summed E-state index contributed by atoms with van der Waals surface area (Å²) in [5.74, 6) is 0.353. The lowest BCUT2D eigenvalue weighted by atomic mass is 10.1. The molecule has 1 fully saturated rings. The number of aromatic nitrogens is 3. The molecule has 0 bridgehead atoms. The number of nitrogens with one attached hydrogen (secondary N) is 1. The van der Waals surface area contributed by atoms with Crippen molar-refractivity contribution in [2.24, 2.45) is 0 Å². The van der Waals surface area contributed by atoms with Crippen molar-refractivity contribution in [2.45, 2.75) is 38.3 Å². The molecule has 156 valence electrons. The summed E-state index contributed by atoms with van der Waals surface area (Å²) in [6, 6.07) is 15.0. The Hall–Kier alpha value is -2.57. The molecule has 3 aromatic rings. The predicted molar refractivity (Wildman–Crippen MR) is 118 cm³/mol. The molecule has 0 atom stereocenters. The van der Waals surface area contributed by atoms with E-state index in [1.807, 2.05) is 36.4 Å². The lowest BCUT2D eigenvalue weighted by Crippen LogP contribution is -2.34. The Balaban J connectivity index is 1.38. The van der Waals surface area contributed by atoms with Gasteiger partial charge in [-0.3, -0.25) is 9.36 Å². The van der Waals surface area contributed by atoms with Crippen LogP contribution in [0.4, 0.5) is 0 Å². The first-order valence-electron chi connectivity index (χ1n) is 9.97. The normalized spacial score (nSPS) is 13.4. The van der Waals surface area contributed by atoms with Gasteiger partial charge >= 0.3 is 5.69 Å². The molecule has 8 heteroatoms. The summed E-state index contributed by atoms with van der Waals surface area (Å²) in [5, 5.41) is 8.65. The van der Waals surface area contributed by atoms with Crippen LogP contribution in [0.2, 0.25) is 10.0 Å². The summed E-state index contributed by atoms with van der Waals surface area (Å²) in [4.78, 5) is 25.2. The van der Waals surface area contributed by atoms with Crippen molar-refractivity contribution in [1.82, 2.24) is 19.7 Å². The van der Waals surface area contributed by atoms with E-state index in [1.165, 1.54) is 10.2 Å². The van der Waals surface area contributed by atoms with Crippen molar-refractivity contribution >= 4 is 29.1 Å². The van der Waals surface area contributed by atoms with Crippen molar-refractivity contribution in [3.05, 3.63) is 74.6 Å². The zero-order valence-corrected chi connectivity index (χ0v) is 17.9. The van der Waals surface area contributed by atoms with Gasteiger partial charge in [0.2, 0.25) is 5.91 Å². The van der Waals surface area contributed by atoms with Gasteiger partial charge in [0.25, 0.3) is 0 Å². The largest absolute Gasteiger partial charge is 0.354 e. The van der Waals surface area contributed by atoms with Crippen LogP contribution in [0.5, 0.6) is 0 Å². The van der Waals surface area contributed by atoms with Gasteiger partial charge in [-0.2, -0.15) is 0 Å². The molecule has 1 aromatic heterocycles. The van der Waals surface area contributed by atoms with Crippen molar-refractivity contribution in [1.29, 1.82) is 0 Å². The first-order chi connectivity index (χ1) is 14.5. The Morgan fingerprint density at radius 1 is 1.03 bits per heavy atom. The van der Waals surface area contributed by atoms with Crippen LogP contribution in [-0.2, 0) is 17.8 Å². The Morgan fingerprint density at radius 3 is 2.30 bits per heavy atom. The summed E-state index contributed by atoms with van der Waals surface area (Å²) in [5.41, 5.74) is 1.73. The number of hydrogen-bond donors (Lipinski definition) is 1. The monoisotopic (exact) mass is 444 g/mol. The first-order valence-corrected chi connectivity index (χ1v) is 10.7. The highest BCUT2D eigenvalue weighted by Crippen LogP contribution is 2.36. The Kier molecular flexibility index (Phi) is 6.25. The third-order valence-corrected chi connectivity index (χ3v) is 5.56. The predicted octanol–water partition coefficient (Wildman–Crippen LogP) is 4.10. The standard InChI is InChI=1S/C22H22Cl2N4O2/c23-17-7-3-15(4-8-17)2-1-13-25-20(29)14-27-22(30)28(19-11-12-19)21(26-27)16-5-9-18(24)10-6-16/h3-10,19H,1-2,11-14H2,(H,25,29). The van der Waals surface area contributed by atoms with E-state index in [9.17, 15) is 9.59 Å². The van der Waals surface area contributed by atoms with Gasteiger partial charge in [-0.15, -0.1) is 5.10 Å². The summed E-state index contributed by atoms with van der Waals surface area (Å²) in [7, 11) is 0. The molecule has 30 heavy (non-hydrogen) atoms. The van der Waals surface area contributed by atoms with Gasteiger partial charge in [0.1, 0.15) is 6.54 Å². The molecule has 4 rings (SSSR count). The first kappa shape index (κ1) is 20.7. The number of amides is 1. The van der Waals surface area contributed by atoms with Gasteiger partial charge in [0.05, 0.1) is 0 Å². The third-order valence-electron chi connectivity index (χ3n) is 5.06. The van der Waals surface area contributed by atoms with Gasteiger partial charge in [-0.1, -0.05) is 35.3 Å². The minimum Gasteiger partial charge on any atom is -0.354 e. The fourth-order valence-electron chi connectivity index (χ4n) is 3.34. The van der Waals surface area contributed by atoms with E-state index >= 15 is 0 Å². The molecule has 0 saturated heterocycles. The zero-order chi connectivity index (χ0) is 21.1. The van der Waals surface area contributed by atoms with Crippen LogP contribution in [-0.4, -0.2) is 26.8 Å². The van der Waals surface area contributed by atoms with Crippen LogP contribution in [0, 0.1) is 0 Å². The van der Waals surface area contributed by atoms with E-state index in [0.717, 1.165) is 31.2 Å². The second-order valence-electron chi connectivity index (χ2n) is 7.45. The Bertz CT molecular complexity index is 1080. The van der Waals surface area contributed by atoms with Crippen molar-refractivity contribution in [2.75, 3.05) is 6.54 Å². The van der Waals surface area contributed by atoms with Crippen molar-refractivity contribution in [3.8, 4) is 11.4 Å². The molecule has 0 spiro atoms. The molecule has 0 radical (unpaired) electrons. The quantitative estimate of drug-likeness (QED) is 0.531. The molecule has 1 N–H and O–H groups in total. The number of carbonyl (C=O) groups is 1. The second kappa shape index (κ2) is 9.06. The lowest BCUT2D eigenvalue weighted by Gasteiger charge is -2.05. The SMILES string of the molecule is O=C(Cn1nc(-c2ccc(Cl)cc2)n(C2CC2)c1=O)NCCCc1ccc(Cl)cc1. The molecular weight excluding hydrogens is 423 g/mol. The second-order valence-corrected chi connectivity index (χ2v) is 8.32. The van der Waals surface area contributed by atoms with E-state index in [0.29, 0.717) is 22.4 Å². The maximum Gasteiger partial charge on any atom is 0.346 e. The minimum atomic E-state index is -0.251. The van der Waals surface area contributed by atoms with Gasteiger partial charge < -0.3 is 5.32 Å². The van der Waals surface area contributed by atoms with Gasteiger partial charge in [-0.25, -0.2) is 9.48 Å². The molecule has 1 amide bonds. The molecule has 1 aliphatic carbocycles. The molecule has 2 aromatic carbocycles. The van der Waals surface area contributed by atoms with Gasteiger partial charge in [0.15, 0.2) is 5.82 Å². The van der Waals surface area contributed by atoms with E-state index < -0.39 is 0 Å². The number of halogens is 2. The van der Waals surface area contributed by atoms with Gasteiger partial charge in [-0.05, 0) is 67.6 Å². The highest BCUT2D eigenvalue weighted by atomic mass is 35.5. The summed E-state index contributed by atoms with van der Waals surface area (Å²) in [6.45, 7) is 0.434. The Morgan fingerprint density at radius 2 is 1.67 bits per heavy atom. The van der Waals surface area contributed by atoms with E-state index in [-0.39, 0.29) is 24.2 Å². The highest BCUT2D eigenvalue weighted by molar-refractivity contribution is 6.30. The Labute approximate surface area is 184 Å². The fraction of sp³-hybridized carbons (Fsp3) is 0.318. The summed E-state index contributed by atoms with van der Waals surface area (Å²) >= 11 is 11.9. The maximum atomic E-state index is 12.8. The average Bonchev–Trinajstić information content (AvgIpc) is 3.52. The van der Waals surface area contributed by atoms with Crippen LogP contribution in [0.1, 0.15) is 30.9 Å². The highest BCUT2D eigenvalue weighted by Gasteiger charge is 2.30. The van der Waals surface area contributed by atoms with Crippen molar-refractivity contribution < 1.29 is 4.79 Å². The number of rotatable bonds is 8. The maximum absolute atomic E-state index is 12.8. The molecule has 0 unspecified atom stereocenters. The molecule has 1 saturated carbocycles. The van der Waals surface area contributed by atoms with Gasteiger partial charge in [0, 0.05) is 28.2 Å². The zero-order valence-electron chi connectivity index (χ0n) is 16.4. The smallest absolute Gasteiger partial charge is 0.346 e. The van der Waals surface area contributed by atoms with E-state index in [1.54, 1.807) is 16.7 Å². The fourth-order valence-corrected chi connectivity index (χ4v) is 3.60. The molecule has 1 heterocycles. The molecular formula is C22H22Cl2N4O2. The molecule has 0 aliphatic heterocycles. The number of aryl methyl sites for hydroxylation is 1. The molecule has 1 aliphatic rings. The van der Waals surface area contributed by atoms with E-state index in [2.05, 4.69) is 10.4 Å². The number of hydrogen-bond acceptors (Lipinski definition) is 3. The summed E-state index contributed by atoms with van der Waals surface area (Å²) < 4.78 is 2.94. The van der Waals surface area contributed by atoms with Crippen LogP contribution in [0.15, 0.2) is 53.3 Å². The van der Waals surface area contributed by atoms with Crippen LogP contribution < -0.4 is 11.0 Å². The number of carbonyl (C=O) groups excluding carboxylic acids is 1. The third kappa shape index (κ3) is 4.94. The minimum absolute atomic E-state index is 0.0971. The topological polar surface area (TPSA) is 68.9 Å². The average molecular weight is 445 g/mol.